The number of aromatic nitrogens is 3. The molecule has 2 heterocycles. The van der Waals surface area contributed by atoms with Crippen LogP contribution in [-0.4, -0.2) is 27.8 Å². The Labute approximate surface area is 222 Å². The minimum atomic E-state index is -0.682. The van der Waals surface area contributed by atoms with E-state index >= 15 is 0 Å². The fourth-order valence-electron chi connectivity index (χ4n) is 4.12. The molecule has 0 saturated carbocycles. The van der Waals surface area contributed by atoms with E-state index in [1.165, 1.54) is 23.9 Å². The first-order valence-corrected chi connectivity index (χ1v) is 12.8. The fourth-order valence-corrected chi connectivity index (χ4v) is 5.10. The third kappa shape index (κ3) is 5.47. The predicted molar refractivity (Wildman–Crippen MR) is 144 cm³/mol. The van der Waals surface area contributed by atoms with Crippen LogP contribution in [0.25, 0.3) is 0 Å². The number of thioether (sulfide) groups is 1. The van der Waals surface area contributed by atoms with Crippen molar-refractivity contribution in [1.82, 2.24) is 14.8 Å². The van der Waals surface area contributed by atoms with Gasteiger partial charge in [-0.3, -0.25) is 4.79 Å². The number of hydrogen-bond acceptors (Lipinski definition) is 6. The molecule has 0 aliphatic carbocycles. The van der Waals surface area contributed by atoms with Crippen molar-refractivity contribution in [3.63, 3.8) is 0 Å². The Morgan fingerprint density at radius 2 is 1.95 bits per heavy atom. The zero-order valence-corrected chi connectivity index (χ0v) is 21.6. The van der Waals surface area contributed by atoms with E-state index in [0.29, 0.717) is 50.2 Å². The molecule has 0 spiro atoms. The van der Waals surface area contributed by atoms with Gasteiger partial charge in [-0.05, 0) is 66.6 Å². The van der Waals surface area contributed by atoms with E-state index in [-0.39, 0.29) is 5.91 Å². The number of nitrogens with one attached hydrogen (secondary N) is 2. The van der Waals surface area contributed by atoms with Gasteiger partial charge in [0.05, 0.1) is 12.7 Å². The summed E-state index contributed by atoms with van der Waals surface area (Å²) in [6.07, 6.45) is 0. The average molecular weight is 536 g/mol. The van der Waals surface area contributed by atoms with Gasteiger partial charge in [-0.25, -0.2) is 9.07 Å². The van der Waals surface area contributed by atoms with Crippen molar-refractivity contribution in [2.45, 2.75) is 23.9 Å². The highest BCUT2D eigenvalue weighted by molar-refractivity contribution is 7.98. The lowest BCUT2D eigenvalue weighted by Crippen LogP contribution is -2.31. The SMILES string of the molecule is COc1ccc(NC(=O)C2=C(C)Nc3nc(SCc4cccc(Cl)c4)nn3[C@@H]2c2cccc(F)c2)cc1. The van der Waals surface area contributed by atoms with Gasteiger partial charge < -0.3 is 15.4 Å². The Morgan fingerprint density at radius 3 is 2.68 bits per heavy atom. The van der Waals surface area contributed by atoms with Crippen LogP contribution in [0.2, 0.25) is 5.02 Å². The Balaban J connectivity index is 1.47. The van der Waals surface area contributed by atoms with Gasteiger partial charge in [0.25, 0.3) is 5.91 Å². The maximum absolute atomic E-state index is 14.3. The van der Waals surface area contributed by atoms with E-state index in [4.69, 9.17) is 21.4 Å². The summed E-state index contributed by atoms with van der Waals surface area (Å²) in [6, 6.07) is 20.1. The molecule has 0 bridgehead atoms. The normalized spacial score (nSPS) is 14.6. The number of ether oxygens (including phenoxy) is 1. The van der Waals surface area contributed by atoms with Crippen molar-refractivity contribution in [2.75, 3.05) is 17.7 Å². The number of halogens is 2. The summed E-state index contributed by atoms with van der Waals surface area (Å²) < 4.78 is 21.1. The highest BCUT2D eigenvalue weighted by Crippen LogP contribution is 2.37. The van der Waals surface area contributed by atoms with Crippen LogP contribution >= 0.6 is 23.4 Å². The van der Waals surface area contributed by atoms with Crippen LogP contribution in [-0.2, 0) is 10.5 Å². The highest BCUT2D eigenvalue weighted by Gasteiger charge is 2.34. The van der Waals surface area contributed by atoms with Gasteiger partial charge >= 0.3 is 0 Å². The number of carbonyl (C=O) groups excluding carboxylic acids is 1. The molecular weight excluding hydrogens is 513 g/mol. The Bertz CT molecular complexity index is 1490. The van der Waals surface area contributed by atoms with Crippen LogP contribution in [0.15, 0.2) is 89.2 Å². The Morgan fingerprint density at radius 1 is 1.16 bits per heavy atom. The average Bonchev–Trinajstić information content (AvgIpc) is 3.29. The molecular formula is C27H23ClFN5O2S. The summed E-state index contributed by atoms with van der Waals surface area (Å²) in [6.45, 7) is 1.80. The molecule has 0 saturated heterocycles. The number of nitrogens with zero attached hydrogens (tertiary/aromatic N) is 3. The van der Waals surface area contributed by atoms with Gasteiger partial charge in [-0.1, -0.05) is 47.6 Å². The number of benzene rings is 3. The van der Waals surface area contributed by atoms with Gasteiger partial charge in [-0.15, -0.1) is 5.10 Å². The molecule has 37 heavy (non-hydrogen) atoms. The number of carbonyl (C=O) groups is 1. The highest BCUT2D eigenvalue weighted by atomic mass is 35.5. The number of allylic oxidation sites excluding steroid dienone is 1. The lowest BCUT2D eigenvalue weighted by atomic mass is 9.95. The molecule has 4 aromatic rings. The zero-order valence-electron chi connectivity index (χ0n) is 20.0. The minimum Gasteiger partial charge on any atom is -0.497 e. The first-order chi connectivity index (χ1) is 17.9. The zero-order chi connectivity index (χ0) is 25.9. The second kappa shape index (κ2) is 10.7. The molecule has 1 aliphatic heterocycles. The molecule has 188 valence electrons. The number of amides is 1. The topological polar surface area (TPSA) is 81.1 Å². The molecule has 0 fully saturated rings. The number of rotatable bonds is 7. The van der Waals surface area contributed by atoms with Gasteiger partial charge in [0.1, 0.15) is 17.6 Å². The van der Waals surface area contributed by atoms with Crippen LogP contribution in [0.4, 0.5) is 16.0 Å². The first-order valence-electron chi connectivity index (χ1n) is 11.4. The predicted octanol–water partition coefficient (Wildman–Crippen LogP) is 6.30. The number of anilines is 2. The van der Waals surface area contributed by atoms with E-state index in [1.807, 2.05) is 24.3 Å². The van der Waals surface area contributed by atoms with Crippen molar-refractivity contribution in [1.29, 1.82) is 0 Å². The Hall–Kier alpha value is -3.82. The van der Waals surface area contributed by atoms with Crippen molar-refractivity contribution >= 4 is 40.9 Å². The molecule has 5 rings (SSSR count). The molecule has 1 aromatic heterocycles. The van der Waals surface area contributed by atoms with E-state index in [9.17, 15) is 9.18 Å². The summed E-state index contributed by atoms with van der Waals surface area (Å²) in [5.74, 6) is 1.03. The van der Waals surface area contributed by atoms with Gasteiger partial charge in [-0.2, -0.15) is 4.98 Å². The number of hydrogen-bond donors (Lipinski definition) is 2. The molecule has 1 atom stereocenters. The summed E-state index contributed by atoms with van der Waals surface area (Å²) >= 11 is 7.56. The maximum atomic E-state index is 14.3. The van der Waals surface area contributed by atoms with Crippen LogP contribution in [0.1, 0.15) is 24.1 Å². The summed E-state index contributed by atoms with van der Waals surface area (Å²) in [5.41, 5.74) is 3.23. The summed E-state index contributed by atoms with van der Waals surface area (Å²) in [7, 11) is 1.58. The van der Waals surface area contributed by atoms with E-state index in [2.05, 4.69) is 15.6 Å². The minimum absolute atomic E-state index is 0.335. The van der Waals surface area contributed by atoms with Crippen molar-refractivity contribution in [3.05, 3.63) is 106 Å². The van der Waals surface area contributed by atoms with Crippen molar-refractivity contribution in [2.24, 2.45) is 0 Å². The number of methoxy groups -OCH3 is 1. The summed E-state index contributed by atoms with van der Waals surface area (Å²) in [4.78, 5) is 18.2. The van der Waals surface area contributed by atoms with Crippen molar-refractivity contribution in [3.8, 4) is 5.75 Å². The Kier molecular flexibility index (Phi) is 7.16. The molecule has 0 radical (unpaired) electrons. The third-order valence-corrected chi connectivity index (χ3v) is 6.99. The molecule has 2 N–H and O–H groups in total. The smallest absolute Gasteiger partial charge is 0.255 e. The van der Waals surface area contributed by atoms with Crippen LogP contribution in [0, 0.1) is 5.82 Å². The molecule has 1 aliphatic rings. The summed E-state index contributed by atoms with van der Waals surface area (Å²) in [5, 5.41) is 12.0. The van der Waals surface area contributed by atoms with E-state index in [0.717, 1.165) is 5.56 Å². The monoisotopic (exact) mass is 535 g/mol. The van der Waals surface area contributed by atoms with E-state index < -0.39 is 11.9 Å². The second-order valence-electron chi connectivity index (χ2n) is 8.38. The molecule has 0 unspecified atom stereocenters. The molecule has 10 heteroatoms. The van der Waals surface area contributed by atoms with Crippen LogP contribution < -0.4 is 15.4 Å². The lowest BCUT2D eigenvalue weighted by molar-refractivity contribution is -0.113. The van der Waals surface area contributed by atoms with E-state index in [1.54, 1.807) is 55.1 Å². The molecule has 7 nitrogen and oxygen atoms in total. The lowest BCUT2D eigenvalue weighted by Gasteiger charge is -2.28. The first kappa shape index (κ1) is 24.9. The number of fused-ring (bicyclic) bond motifs is 1. The van der Waals surface area contributed by atoms with Crippen LogP contribution in [0.5, 0.6) is 5.75 Å². The molecule has 1 amide bonds. The van der Waals surface area contributed by atoms with Gasteiger partial charge in [0.2, 0.25) is 11.1 Å². The van der Waals surface area contributed by atoms with Crippen molar-refractivity contribution < 1.29 is 13.9 Å². The van der Waals surface area contributed by atoms with Crippen LogP contribution in [0.3, 0.4) is 0 Å². The quantitative estimate of drug-likeness (QED) is 0.270. The largest absolute Gasteiger partial charge is 0.497 e. The molecule has 3 aromatic carbocycles. The third-order valence-electron chi connectivity index (χ3n) is 5.85. The maximum Gasteiger partial charge on any atom is 0.255 e. The van der Waals surface area contributed by atoms with Gasteiger partial charge in [0, 0.05) is 22.2 Å². The second-order valence-corrected chi connectivity index (χ2v) is 9.76. The fraction of sp³-hybridized carbons (Fsp3) is 0.148. The van der Waals surface area contributed by atoms with Gasteiger partial charge in [0.15, 0.2) is 0 Å². The standard InChI is InChI=1S/C27H23ClFN5O2S/c1-16-23(25(35)31-21-9-11-22(36-2)12-10-21)24(18-6-4-8-20(29)14-18)34-26(30-16)32-27(33-34)37-15-17-5-3-7-19(28)13-17/h3-14,24H,15H2,1-2H3,(H,31,35)(H,30,32,33)/t24-/m1/s1.